The third kappa shape index (κ3) is 1.37. The van der Waals surface area contributed by atoms with Crippen molar-refractivity contribution in [3.8, 4) is 0 Å². The van der Waals surface area contributed by atoms with Crippen LogP contribution in [0.4, 0.5) is 0 Å². The van der Waals surface area contributed by atoms with E-state index in [1.165, 1.54) is 0 Å². The molecule has 14 heavy (non-hydrogen) atoms. The summed E-state index contributed by atoms with van der Waals surface area (Å²) >= 11 is 4.16. The second kappa shape index (κ2) is 3.38. The maximum Gasteiger partial charge on any atom is 0.234 e. The van der Waals surface area contributed by atoms with Gasteiger partial charge < -0.3 is 10.7 Å². The molecule has 0 saturated carbocycles. The molecule has 0 aliphatic heterocycles. The highest BCUT2D eigenvalue weighted by Crippen LogP contribution is 2.27. The van der Waals surface area contributed by atoms with Crippen molar-refractivity contribution < 1.29 is 4.79 Å². The van der Waals surface area contributed by atoms with E-state index in [1.54, 1.807) is 6.20 Å². The van der Waals surface area contributed by atoms with Gasteiger partial charge in [0.1, 0.15) is 5.25 Å². The van der Waals surface area contributed by atoms with Crippen LogP contribution in [-0.4, -0.2) is 10.9 Å². The molecule has 0 bridgehead atoms. The molecular formula is C10H10N2OS. The van der Waals surface area contributed by atoms with Gasteiger partial charge in [0.05, 0.1) is 0 Å². The van der Waals surface area contributed by atoms with E-state index in [4.69, 9.17) is 5.73 Å². The zero-order valence-electron chi connectivity index (χ0n) is 7.40. The number of nitrogens with two attached hydrogens (primary N) is 1. The number of aromatic nitrogens is 1. The fraction of sp³-hybridized carbons (Fsp3) is 0.100. The summed E-state index contributed by atoms with van der Waals surface area (Å²) in [5.74, 6) is -0.432. The quantitative estimate of drug-likeness (QED) is 0.642. The lowest BCUT2D eigenvalue weighted by Gasteiger charge is -2.03. The van der Waals surface area contributed by atoms with Crippen LogP contribution in [0.2, 0.25) is 0 Å². The molecule has 3 N–H and O–H groups in total. The minimum absolute atomic E-state index is 0.432. The van der Waals surface area contributed by atoms with Crippen LogP contribution in [-0.2, 0) is 4.79 Å². The largest absolute Gasteiger partial charge is 0.368 e. The Bertz CT molecular complexity index is 478. The molecule has 0 aliphatic rings. The minimum atomic E-state index is -0.550. The van der Waals surface area contributed by atoms with Crippen molar-refractivity contribution in [2.45, 2.75) is 5.25 Å². The molecule has 0 saturated heterocycles. The Morgan fingerprint density at radius 1 is 1.43 bits per heavy atom. The Labute approximate surface area is 86.7 Å². The van der Waals surface area contributed by atoms with E-state index in [-0.39, 0.29) is 0 Å². The maximum atomic E-state index is 11.0. The molecule has 2 rings (SSSR count). The van der Waals surface area contributed by atoms with Crippen LogP contribution in [0.15, 0.2) is 30.5 Å². The summed E-state index contributed by atoms with van der Waals surface area (Å²) in [5, 5.41) is 0.442. The highest BCUT2D eigenvalue weighted by atomic mass is 32.1. The van der Waals surface area contributed by atoms with E-state index in [2.05, 4.69) is 17.6 Å². The topological polar surface area (TPSA) is 58.9 Å². The van der Waals surface area contributed by atoms with Crippen LogP contribution in [0, 0.1) is 0 Å². The van der Waals surface area contributed by atoms with Crippen LogP contribution >= 0.6 is 12.6 Å². The molecule has 1 aromatic heterocycles. The molecule has 0 fully saturated rings. The first kappa shape index (κ1) is 9.15. The van der Waals surface area contributed by atoms with Gasteiger partial charge in [-0.1, -0.05) is 18.2 Å². The van der Waals surface area contributed by atoms with E-state index in [0.717, 1.165) is 16.5 Å². The summed E-state index contributed by atoms with van der Waals surface area (Å²) in [4.78, 5) is 14.0. The van der Waals surface area contributed by atoms with Crippen molar-refractivity contribution in [1.29, 1.82) is 0 Å². The minimum Gasteiger partial charge on any atom is -0.368 e. The summed E-state index contributed by atoms with van der Waals surface area (Å²) in [7, 11) is 0. The summed E-state index contributed by atoms with van der Waals surface area (Å²) in [6, 6.07) is 7.73. The van der Waals surface area contributed by atoms with Crippen molar-refractivity contribution in [2.75, 3.05) is 0 Å². The van der Waals surface area contributed by atoms with Crippen LogP contribution in [0.25, 0.3) is 10.9 Å². The van der Waals surface area contributed by atoms with Gasteiger partial charge in [0.15, 0.2) is 0 Å². The number of aromatic amines is 1. The lowest BCUT2D eigenvalue weighted by Crippen LogP contribution is -2.16. The van der Waals surface area contributed by atoms with Crippen molar-refractivity contribution in [2.24, 2.45) is 5.73 Å². The Morgan fingerprint density at radius 2 is 2.14 bits per heavy atom. The Hall–Kier alpha value is -1.42. The van der Waals surface area contributed by atoms with Crippen molar-refractivity contribution in [3.63, 3.8) is 0 Å². The number of carbonyl (C=O) groups is 1. The number of fused-ring (bicyclic) bond motifs is 1. The predicted octanol–water partition coefficient (Wildman–Crippen LogP) is 1.62. The fourth-order valence-corrected chi connectivity index (χ4v) is 1.69. The second-order valence-corrected chi connectivity index (χ2v) is 3.61. The summed E-state index contributed by atoms with van der Waals surface area (Å²) < 4.78 is 0. The zero-order chi connectivity index (χ0) is 10.1. The van der Waals surface area contributed by atoms with Gasteiger partial charge in [-0.3, -0.25) is 4.79 Å². The number of H-pyrrole nitrogens is 1. The summed E-state index contributed by atoms with van der Waals surface area (Å²) in [6.07, 6.45) is 1.77. The zero-order valence-corrected chi connectivity index (χ0v) is 8.29. The number of hydrogen-bond acceptors (Lipinski definition) is 2. The third-order valence-electron chi connectivity index (χ3n) is 2.19. The number of nitrogens with one attached hydrogen (secondary N) is 1. The van der Waals surface area contributed by atoms with Gasteiger partial charge in [-0.15, -0.1) is 0 Å². The average Bonchev–Trinajstić information content (AvgIpc) is 2.60. The molecule has 3 nitrogen and oxygen atoms in total. The Morgan fingerprint density at radius 3 is 2.86 bits per heavy atom. The molecule has 1 aromatic carbocycles. The molecule has 0 radical (unpaired) electrons. The number of para-hydroxylation sites is 1. The number of rotatable bonds is 2. The van der Waals surface area contributed by atoms with Crippen LogP contribution in [0.3, 0.4) is 0 Å². The van der Waals surface area contributed by atoms with E-state index >= 15 is 0 Å². The van der Waals surface area contributed by atoms with E-state index < -0.39 is 11.2 Å². The number of carbonyl (C=O) groups excluding carboxylic acids is 1. The number of primary amides is 1. The Kier molecular flexibility index (Phi) is 2.21. The van der Waals surface area contributed by atoms with Crippen LogP contribution in [0.5, 0.6) is 0 Å². The van der Waals surface area contributed by atoms with Gasteiger partial charge in [0.25, 0.3) is 0 Å². The molecule has 1 unspecified atom stereocenters. The number of amides is 1. The first-order valence-corrected chi connectivity index (χ1v) is 4.75. The van der Waals surface area contributed by atoms with E-state index in [1.807, 2.05) is 24.3 Å². The number of thiol groups is 1. The average molecular weight is 206 g/mol. The first-order chi connectivity index (χ1) is 6.70. The lowest BCUT2D eigenvalue weighted by atomic mass is 10.1. The molecule has 0 spiro atoms. The van der Waals surface area contributed by atoms with Crippen molar-refractivity contribution >= 4 is 29.4 Å². The molecular weight excluding hydrogens is 196 g/mol. The summed E-state index contributed by atoms with van der Waals surface area (Å²) in [5.41, 5.74) is 7.01. The maximum absolute atomic E-state index is 11.0. The van der Waals surface area contributed by atoms with Crippen molar-refractivity contribution in [3.05, 3.63) is 36.0 Å². The molecule has 2 aromatic rings. The lowest BCUT2D eigenvalue weighted by molar-refractivity contribution is -0.117. The number of hydrogen-bond donors (Lipinski definition) is 3. The van der Waals surface area contributed by atoms with Crippen molar-refractivity contribution in [1.82, 2.24) is 4.98 Å². The van der Waals surface area contributed by atoms with Gasteiger partial charge in [-0.05, 0) is 11.6 Å². The molecule has 1 heterocycles. The van der Waals surface area contributed by atoms with Gasteiger partial charge in [0, 0.05) is 17.1 Å². The Balaban J connectivity index is 2.58. The second-order valence-electron chi connectivity index (χ2n) is 3.09. The normalized spacial score (nSPS) is 12.9. The van der Waals surface area contributed by atoms with Crippen LogP contribution in [0.1, 0.15) is 10.8 Å². The van der Waals surface area contributed by atoms with E-state index in [9.17, 15) is 4.79 Å². The highest BCUT2D eigenvalue weighted by Gasteiger charge is 2.16. The summed E-state index contributed by atoms with van der Waals surface area (Å²) in [6.45, 7) is 0. The van der Waals surface area contributed by atoms with Gasteiger partial charge >= 0.3 is 0 Å². The smallest absolute Gasteiger partial charge is 0.234 e. The number of benzene rings is 1. The predicted molar refractivity (Wildman–Crippen MR) is 59.2 cm³/mol. The fourth-order valence-electron chi connectivity index (χ4n) is 1.47. The highest BCUT2D eigenvalue weighted by molar-refractivity contribution is 7.81. The third-order valence-corrected chi connectivity index (χ3v) is 2.72. The molecule has 0 aliphatic carbocycles. The van der Waals surface area contributed by atoms with Gasteiger partial charge in [-0.25, -0.2) is 0 Å². The van der Waals surface area contributed by atoms with E-state index in [0.29, 0.717) is 0 Å². The van der Waals surface area contributed by atoms with Gasteiger partial charge in [0.2, 0.25) is 5.91 Å². The molecule has 1 amide bonds. The van der Waals surface area contributed by atoms with Crippen LogP contribution < -0.4 is 5.73 Å². The monoisotopic (exact) mass is 206 g/mol. The first-order valence-electron chi connectivity index (χ1n) is 4.23. The van der Waals surface area contributed by atoms with Gasteiger partial charge in [-0.2, -0.15) is 12.6 Å². The molecule has 1 atom stereocenters. The molecule has 72 valence electrons. The SMILES string of the molecule is NC(=O)C(S)c1c[nH]c2ccccc12. The molecule has 4 heteroatoms. The standard InChI is InChI=1S/C10H10N2OS/c11-10(13)9(14)7-5-12-8-4-2-1-3-6(7)8/h1-5,9,12,14H,(H2,11,13).